The summed E-state index contributed by atoms with van der Waals surface area (Å²) in [6.45, 7) is 2.47. The summed E-state index contributed by atoms with van der Waals surface area (Å²) in [7, 11) is 1.65. The Balaban J connectivity index is 1.46. The Hall–Kier alpha value is -3.19. The van der Waals surface area contributed by atoms with Crippen molar-refractivity contribution in [1.29, 1.82) is 0 Å². The Labute approximate surface area is 181 Å². The zero-order chi connectivity index (χ0) is 21.6. The molecule has 0 unspecified atom stereocenters. The fourth-order valence-electron chi connectivity index (χ4n) is 4.15. The fraction of sp³-hybridized carbons (Fsp3) is 0.375. The van der Waals surface area contributed by atoms with E-state index in [-0.39, 0.29) is 24.1 Å². The van der Waals surface area contributed by atoms with E-state index in [1.54, 1.807) is 25.3 Å². The molecule has 1 N–H and O–H groups in total. The molecular weight excluding hydrogens is 392 g/mol. The second-order valence-electron chi connectivity index (χ2n) is 7.88. The molecule has 0 bridgehead atoms. The lowest BCUT2D eigenvalue weighted by Crippen LogP contribution is -2.42. The standard InChI is InChI=1S/C24H28N4O3/c1-31-19-11-9-18(10-12-19)22(27-13-5-2-6-14-27)15-25-23(29)16-28-17-26-21-8-4-3-7-20(21)24(28)30/h3-4,7-12,17,22H,2,5-6,13-16H2,1H3,(H,25,29)/t22-/m1/s1. The average molecular weight is 421 g/mol. The molecule has 1 saturated heterocycles. The molecule has 3 aromatic rings. The van der Waals surface area contributed by atoms with Gasteiger partial charge in [-0.2, -0.15) is 0 Å². The summed E-state index contributed by atoms with van der Waals surface area (Å²) in [5.41, 5.74) is 1.57. The smallest absolute Gasteiger partial charge is 0.261 e. The minimum atomic E-state index is -0.205. The van der Waals surface area contributed by atoms with Gasteiger partial charge in [0.15, 0.2) is 0 Å². The fourth-order valence-corrected chi connectivity index (χ4v) is 4.15. The van der Waals surface area contributed by atoms with E-state index in [9.17, 15) is 9.59 Å². The van der Waals surface area contributed by atoms with Crippen LogP contribution in [0.25, 0.3) is 10.9 Å². The molecule has 31 heavy (non-hydrogen) atoms. The highest BCUT2D eigenvalue weighted by Crippen LogP contribution is 2.25. The van der Waals surface area contributed by atoms with E-state index in [1.165, 1.54) is 30.2 Å². The van der Waals surface area contributed by atoms with Gasteiger partial charge in [-0.25, -0.2) is 4.98 Å². The van der Waals surface area contributed by atoms with Crippen molar-refractivity contribution in [3.8, 4) is 5.75 Å². The number of para-hydroxylation sites is 1. The van der Waals surface area contributed by atoms with Crippen molar-refractivity contribution in [2.24, 2.45) is 0 Å². The highest BCUT2D eigenvalue weighted by atomic mass is 16.5. The molecule has 2 heterocycles. The van der Waals surface area contributed by atoms with Crippen LogP contribution in [-0.2, 0) is 11.3 Å². The summed E-state index contributed by atoms with van der Waals surface area (Å²) >= 11 is 0. The number of likely N-dealkylation sites (tertiary alicyclic amines) is 1. The highest BCUT2D eigenvalue weighted by molar-refractivity contribution is 5.78. The van der Waals surface area contributed by atoms with Gasteiger partial charge >= 0.3 is 0 Å². The van der Waals surface area contributed by atoms with Gasteiger partial charge in [0.2, 0.25) is 5.91 Å². The Morgan fingerprint density at radius 2 is 1.84 bits per heavy atom. The number of nitrogens with one attached hydrogen (secondary N) is 1. The van der Waals surface area contributed by atoms with Crippen LogP contribution in [0, 0.1) is 0 Å². The van der Waals surface area contributed by atoms with Crippen LogP contribution in [0.5, 0.6) is 5.75 Å². The highest BCUT2D eigenvalue weighted by Gasteiger charge is 2.23. The molecule has 0 saturated carbocycles. The summed E-state index contributed by atoms with van der Waals surface area (Å²) in [6, 6.07) is 15.3. The second-order valence-corrected chi connectivity index (χ2v) is 7.88. The summed E-state index contributed by atoms with van der Waals surface area (Å²) in [5, 5.41) is 3.55. The number of fused-ring (bicyclic) bond motifs is 1. The summed E-state index contributed by atoms with van der Waals surface area (Å²) in [4.78, 5) is 32.1. The lowest BCUT2D eigenvalue weighted by molar-refractivity contribution is -0.122. The van der Waals surface area contributed by atoms with Crippen molar-refractivity contribution in [3.63, 3.8) is 0 Å². The number of carbonyl (C=O) groups is 1. The van der Waals surface area contributed by atoms with E-state index in [0.717, 1.165) is 24.4 Å². The van der Waals surface area contributed by atoms with Crippen molar-refractivity contribution < 1.29 is 9.53 Å². The van der Waals surface area contributed by atoms with Crippen molar-refractivity contribution in [3.05, 3.63) is 70.8 Å². The third kappa shape index (κ3) is 4.94. The van der Waals surface area contributed by atoms with Crippen LogP contribution in [0.1, 0.15) is 30.9 Å². The first-order chi connectivity index (χ1) is 15.2. The first-order valence-electron chi connectivity index (χ1n) is 10.7. The number of methoxy groups -OCH3 is 1. The first kappa shape index (κ1) is 21.1. The first-order valence-corrected chi connectivity index (χ1v) is 10.7. The molecule has 1 atom stereocenters. The maximum absolute atomic E-state index is 12.7. The zero-order valence-corrected chi connectivity index (χ0v) is 17.8. The predicted octanol–water partition coefficient (Wildman–Crippen LogP) is 2.75. The van der Waals surface area contributed by atoms with Crippen LogP contribution >= 0.6 is 0 Å². The van der Waals surface area contributed by atoms with Crippen LogP contribution in [0.4, 0.5) is 0 Å². The summed E-state index contributed by atoms with van der Waals surface area (Å²) < 4.78 is 6.64. The Morgan fingerprint density at radius 1 is 1.10 bits per heavy atom. The van der Waals surface area contributed by atoms with E-state index >= 15 is 0 Å². The second kappa shape index (κ2) is 9.75. The Bertz CT molecular complexity index is 1090. The zero-order valence-electron chi connectivity index (χ0n) is 17.8. The molecule has 2 aromatic carbocycles. The molecule has 0 spiro atoms. The molecule has 0 radical (unpaired) electrons. The third-order valence-electron chi connectivity index (χ3n) is 5.87. The monoisotopic (exact) mass is 420 g/mol. The van der Waals surface area contributed by atoms with Gasteiger partial charge in [-0.1, -0.05) is 30.7 Å². The van der Waals surface area contributed by atoms with Gasteiger partial charge in [-0.3, -0.25) is 19.1 Å². The van der Waals surface area contributed by atoms with Crippen molar-refractivity contribution >= 4 is 16.8 Å². The van der Waals surface area contributed by atoms with Gasteiger partial charge in [-0.05, 0) is 55.8 Å². The molecule has 0 aliphatic carbocycles. The normalized spacial score (nSPS) is 15.5. The lowest BCUT2D eigenvalue weighted by atomic mass is 10.0. The van der Waals surface area contributed by atoms with Crippen LogP contribution in [-0.4, -0.2) is 47.1 Å². The van der Waals surface area contributed by atoms with Gasteiger partial charge in [0.25, 0.3) is 5.56 Å². The minimum absolute atomic E-state index is 0.0496. The van der Waals surface area contributed by atoms with Crippen molar-refractivity contribution in [2.75, 3.05) is 26.7 Å². The van der Waals surface area contributed by atoms with Gasteiger partial charge < -0.3 is 10.1 Å². The van der Waals surface area contributed by atoms with Gasteiger partial charge in [0, 0.05) is 6.54 Å². The van der Waals surface area contributed by atoms with E-state index in [1.807, 2.05) is 18.2 Å². The maximum atomic E-state index is 12.7. The third-order valence-corrected chi connectivity index (χ3v) is 5.87. The van der Waals surface area contributed by atoms with Crippen LogP contribution in [0.2, 0.25) is 0 Å². The number of amides is 1. The molecule has 1 aliphatic heterocycles. The van der Waals surface area contributed by atoms with Crippen LogP contribution < -0.4 is 15.6 Å². The number of hydrogen-bond donors (Lipinski definition) is 1. The molecule has 1 amide bonds. The number of rotatable bonds is 7. The number of nitrogens with zero attached hydrogens (tertiary/aromatic N) is 3. The molecule has 7 nitrogen and oxygen atoms in total. The van der Waals surface area contributed by atoms with E-state index < -0.39 is 0 Å². The van der Waals surface area contributed by atoms with Gasteiger partial charge in [-0.15, -0.1) is 0 Å². The summed E-state index contributed by atoms with van der Waals surface area (Å²) in [6.07, 6.45) is 5.02. The number of piperidine rings is 1. The number of hydrogen-bond acceptors (Lipinski definition) is 5. The SMILES string of the molecule is COc1ccc([C@@H](CNC(=O)Cn2cnc3ccccc3c2=O)N2CCCCC2)cc1. The van der Waals surface area contributed by atoms with E-state index in [4.69, 9.17) is 4.74 Å². The molecule has 1 aliphatic rings. The Kier molecular flexibility index (Phi) is 6.62. The molecular formula is C24H28N4O3. The number of benzene rings is 2. The predicted molar refractivity (Wildman–Crippen MR) is 120 cm³/mol. The van der Waals surface area contributed by atoms with E-state index in [2.05, 4.69) is 27.3 Å². The minimum Gasteiger partial charge on any atom is -0.497 e. The quantitative estimate of drug-likeness (QED) is 0.636. The number of carbonyl (C=O) groups excluding carboxylic acids is 1. The van der Waals surface area contributed by atoms with E-state index in [0.29, 0.717) is 17.4 Å². The largest absolute Gasteiger partial charge is 0.497 e. The molecule has 4 rings (SSSR count). The van der Waals surface area contributed by atoms with Crippen molar-refractivity contribution in [1.82, 2.24) is 19.8 Å². The van der Waals surface area contributed by atoms with Gasteiger partial charge in [0.1, 0.15) is 12.3 Å². The van der Waals surface area contributed by atoms with Crippen LogP contribution in [0.3, 0.4) is 0 Å². The Morgan fingerprint density at radius 3 is 2.58 bits per heavy atom. The molecule has 7 heteroatoms. The average Bonchev–Trinajstić information content (AvgIpc) is 2.82. The molecule has 1 fully saturated rings. The summed E-state index contributed by atoms with van der Waals surface area (Å²) in [5.74, 6) is 0.614. The number of aromatic nitrogens is 2. The van der Waals surface area contributed by atoms with Crippen LogP contribution in [0.15, 0.2) is 59.7 Å². The van der Waals surface area contributed by atoms with Gasteiger partial charge in [0.05, 0.1) is 30.4 Å². The molecule has 1 aromatic heterocycles. The number of ether oxygens (including phenoxy) is 1. The topological polar surface area (TPSA) is 76.5 Å². The van der Waals surface area contributed by atoms with Crippen molar-refractivity contribution in [2.45, 2.75) is 31.8 Å². The lowest BCUT2D eigenvalue weighted by Gasteiger charge is -2.35. The molecule has 162 valence electrons. The maximum Gasteiger partial charge on any atom is 0.261 e.